The minimum Gasteiger partial charge on any atom is -0.482 e. The van der Waals surface area contributed by atoms with Crippen LogP contribution in [-0.4, -0.2) is 10.6 Å². The fraction of sp³-hybridized carbons (Fsp3) is 0.238. The third-order valence-electron chi connectivity index (χ3n) is 5.28. The summed E-state index contributed by atoms with van der Waals surface area (Å²) in [6, 6.07) is 12.5. The monoisotopic (exact) mass is 335 g/mol. The first-order valence-electron chi connectivity index (χ1n) is 8.40. The highest BCUT2D eigenvalue weighted by atomic mass is 35.5. The molecule has 1 aliphatic heterocycles. The molecular weight excluding hydrogens is 318 g/mol. The molecule has 1 aromatic heterocycles. The maximum absolute atomic E-state index is 6.49. The van der Waals surface area contributed by atoms with Crippen LogP contribution in [0, 0.1) is 6.92 Å². The zero-order valence-corrected chi connectivity index (χ0v) is 14.3. The highest BCUT2D eigenvalue weighted by molar-refractivity contribution is 6.31. The zero-order valence-electron chi connectivity index (χ0n) is 13.5. The van der Waals surface area contributed by atoms with Crippen LogP contribution >= 0.6 is 11.6 Å². The van der Waals surface area contributed by atoms with Crippen LogP contribution in [0.1, 0.15) is 28.8 Å². The van der Waals surface area contributed by atoms with E-state index in [0.717, 1.165) is 35.6 Å². The number of H-pyrrole nitrogens is 1. The number of aromatic nitrogens is 1. The predicted molar refractivity (Wildman–Crippen MR) is 98.9 cm³/mol. The van der Waals surface area contributed by atoms with Gasteiger partial charge in [0.15, 0.2) is 0 Å². The Bertz CT molecular complexity index is 1000. The molecule has 2 aromatic carbocycles. The SMILES string of the molecule is Cc1ccc2c(c1)C=CC1(CCc3[nH]c4ccc(Cl)cc4c3C1)O2. The average Bonchev–Trinajstić information content (AvgIpc) is 2.92. The molecule has 0 saturated heterocycles. The normalized spacial score (nSPS) is 21.6. The molecule has 24 heavy (non-hydrogen) atoms. The number of benzene rings is 2. The lowest BCUT2D eigenvalue weighted by atomic mass is 9.80. The number of rotatable bonds is 0. The van der Waals surface area contributed by atoms with E-state index in [1.165, 1.54) is 27.8 Å². The minimum absolute atomic E-state index is 0.243. The highest BCUT2D eigenvalue weighted by Crippen LogP contribution is 2.41. The molecule has 1 spiro atoms. The number of hydrogen-bond donors (Lipinski definition) is 1. The van der Waals surface area contributed by atoms with E-state index in [2.05, 4.69) is 54.4 Å². The smallest absolute Gasteiger partial charge is 0.132 e. The Hall–Kier alpha value is -2.19. The number of aryl methyl sites for hydroxylation is 2. The fourth-order valence-corrected chi connectivity index (χ4v) is 4.20. The maximum atomic E-state index is 6.49. The van der Waals surface area contributed by atoms with Crippen LogP contribution in [0.15, 0.2) is 42.5 Å². The number of hydrogen-bond acceptors (Lipinski definition) is 1. The first kappa shape index (κ1) is 14.2. The van der Waals surface area contributed by atoms with Crippen molar-refractivity contribution >= 4 is 28.6 Å². The lowest BCUT2D eigenvalue weighted by molar-refractivity contribution is 0.101. The number of aromatic amines is 1. The molecular formula is C21H18ClNO. The van der Waals surface area contributed by atoms with Gasteiger partial charge in [-0.05, 0) is 61.7 Å². The summed E-state index contributed by atoms with van der Waals surface area (Å²) in [4.78, 5) is 3.55. The highest BCUT2D eigenvalue weighted by Gasteiger charge is 2.38. The van der Waals surface area contributed by atoms with E-state index in [0.29, 0.717) is 0 Å². The second-order valence-electron chi connectivity index (χ2n) is 6.99. The van der Waals surface area contributed by atoms with Crippen molar-refractivity contribution in [3.8, 4) is 5.75 Å². The Labute approximate surface area is 146 Å². The summed E-state index contributed by atoms with van der Waals surface area (Å²) in [5.74, 6) is 0.990. The Kier molecular flexibility index (Phi) is 2.90. The van der Waals surface area contributed by atoms with Crippen molar-refractivity contribution in [2.75, 3.05) is 0 Å². The van der Waals surface area contributed by atoms with Crippen LogP contribution in [0.25, 0.3) is 17.0 Å². The molecule has 120 valence electrons. The molecule has 0 saturated carbocycles. The van der Waals surface area contributed by atoms with Gasteiger partial charge in [-0.1, -0.05) is 29.3 Å². The van der Waals surface area contributed by atoms with Crippen molar-refractivity contribution in [3.63, 3.8) is 0 Å². The Balaban J connectivity index is 1.58. The lowest BCUT2D eigenvalue weighted by Gasteiger charge is -2.38. The van der Waals surface area contributed by atoms with Crippen molar-refractivity contribution in [1.82, 2.24) is 4.98 Å². The van der Waals surface area contributed by atoms with E-state index < -0.39 is 0 Å². The molecule has 0 bridgehead atoms. The molecule has 2 heterocycles. The van der Waals surface area contributed by atoms with E-state index in [1.54, 1.807) is 0 Å². The zero-order chi connectivity index (χ0) is 16.3. The van der Waals surface area contributed by atoms with Gasteiger partial charge in [-0.2, -0.15) is 0 Å². The van der Waals surface area contributed by atoms with Gasteiger partial charge in [-0.15, -0.1) is 0 Å². The number of ether oxygens (including phenoxy) is 1. The molecule has 5 rings (SSSR count). The second kappa shape index (κ2) is 4.90. The summed E-state index contributed by atoms with van der Waals surface area (Å²) in [5, 5.41) is 2.01. The van der Waals surface area contributed by atoms with Gasteiger partial charge in [0.1, 0.15) is 11.4 Å². The third kappa shape index (κ3) is 2.10. The Morgan fingerprint density at radius 3 is 3.00 bits per heavy atom. The van der Waals surface area contributed by atoms with Gasteiger partial charge >= 0.3 is 0 Å². The van der Waals surface area contributed by atoms with Gasteiger partial charge < -0.3 is 9.72 Å². The largest absolute Gasteiger partial charge is 0.482 e. The predicted octanol–water partition coefficient (Wildman–Crippen LogP) is 5.46. The van der Waals surface area contributed by atoms with Crippen LogP contribution in [-0.2, 0) is 12.8 Å². The van der Waals surface area contributed by atoms with Crippen LogP contribution < -0.4 is 4.74 Å². The van der Waals surface area contributed by atoms with E-state index >= 15 is 0 Å². The van der Waals surface area contributed by atoms with E-state index in [9.17, 15) is 0 Å². The molecule has 0 fully saturated rings. The lowest BCUT2D eigenvalue weighted by Crippen LogP contribution is -2.41. The number of fused-ring (bicyclic) bond motifs is 4. The molecule has 3 aromatic rings. The van der Waals surface area contributed by atoms with Gasteiger partial charge in [0.25, 0.3) is 0 Å². The van der Waals surface area contributed by atoms with Gasteiger partial charge in [-0.25, -0.2) is 0 Å². The summed E-state index contributed by atoms with van der Waals surface area (Å²) in [5.41, 5.74) is 6.02. The summed E-state index contributed by atoms with van der Waals surface area (Å²) >= 11 is 6.22. The summed E-state index contributed by atoms with van der Waals surface area (Å²) in [6.07, 6.45) is 7.34. The fourth-order valence-electron chi connectivity index (χ4n) is 4.03. The van der Waals surface area contributed by atoms with Crippen molar-refractivity contribution in [2.45, 2.75) is 31.8 Å². The topological polar surface area (TPSA) is 25.0 Å². The summed E-state index contributed by atoms with van der Waals surface area (Å²) in [6.45, 7) is 2.11. The quantitative estimate of drug-likeness (QED) is 0.579. The third-order valence-corrected chi connectivity index (χ3v) is 5.51. The number of halogens is 1. The maximum Gasteiger partial charge on any atom is 0.132 e. The van der Waals surface area contributed by atoms with Crippen molar-refractivity contribution in [1.29, 1.82) is 0 Å². The van der Waals surface area contributed by atoms with Gasteiger partial charge in [0.2, 0.25) is 0 Å². The molecule has 1 atom stereocenters. The van der Waals surface area contributed by atoms with Crippen molar-refractivity contribution in [3.05, 3.63) is 69.9 Å². The minimum atomic E-state index is -0.243. The van der Waals surface area contributed by atoms with E-state index in [-0.39, 0.29) is 5.60 Å². The Morgan fingerprint density at radius 2 is 2.08 bits per heavy atom. The molecule has 2 aliphatic rings. The molecule has 3 heteroatoms. The van der Waals surface area contributed by atoms with Gasteiger partial charge in [0, 0.05) is 33.6 Å². The molecule has 1 N–H and O–H groups in total. The Morgan fingerprint density at radius 1 is 1.17 bits per heavy atom. The second-order valence-corrected chi connectivity index (χ2v) is 7.43. The first-order valence-corrected chi connectivity index (χ1v) is 8.78. The van der Waals surface area contributed by atoms with E-state index in [4.69, 9.17) is 16.3 Å². The summed E-state index contributed by atoms with van der Waals surface area (Å²) in [7, 11) is 0. The molecule has 2 nitrogen and oxygen atoms in total. The average molecular weight is 336 g/mol. The molecule has 1 unspecified atom stereocenters. The van der Waals surface area contributed by atoms with Crippen LogP contribution in [0.3, 0.4) is 0 Å². The van der Waals surface area contributed by atoms with Crippen molar-refractivity contribution in [2.24, 2.45) is 0 Å². The molecule has 0 amide bonds. The standard InChI is InChI=1S/C21H18ClNO/c1-13-2-5-20-14(10-13)6-8-21(24-20)9-7-19-17(12-21)16-11-15(22)3-4-18(16)23-19/h2-6,8,10-11,23H,7,9,12H2,1H3. The van der Waals surface area contributed by atoms with Crippen LogP contribution in [0.5, 0.6) is 5.75 Å². The molecule has 0 radical (unpaired) electrons. The molecule has 1 aliphatic carbocycles. The van der Waals surface area contributed by atoms with E-state index in [1.807, 2.05) is 6.07 Å². The number of nitrogens with one attached hydrogen (secondary N) is 1. The van der Waals surface area contributed by atoms with Gasteiger partial charge in [0.05, 0.1) is 0 Å². The van der Waals surface area contributed by atoms with Gasteiger partial charge in [-0.3, -0.25) is 0 Å². The summed E-state index contributed by atoms with van der Waals surface area (Å²) < 4.78 is 6.49. The van der Waals surface area contributed by atoms with Crippen LogP contribution in [0.2, 0.25) is 5.02 Å². The first-order chi connectivity index (χ1) is 11.6. The van der Waals surface area contributed by atoms with Crippen molar-refractivity contribution < 1.29 is 4.74 Å². The van der Waals surface area contributed by atoms with Crippen LogP contribution in [0.4, 0.5) is 0 Å².